The molecule has 0 heterocycles. The van der Waals surface area contributed by atoms with Gasteiger partial charge < -0.3 is 10.0 Å². The lowest BCUT2D eigenvalue weighted by molar-refractivity contribution is -0.0321. The molecule has 19 heavy (non-hydrogen) atoms. The topological polar surface area (TPSA) is 26.7 Å². The summed E-state index contributed by atoms with van der Waals surface area (Å²) < 4.78 is 0. The van der Waals surface area contributed by atoms with E-state index in [0.29, 0.717) is 11.6 Å². The van der Waals surface area contributed by atoms with Crippen molar-refractivity contribution in [3.05, 3.63) is 0 Å². The van der Waals surface area contributed by atoms with Crippen molar-refractivity contribution >= 4 is 0 Å². The maximum Gasteiger partial charge on any atom is 0.0695 e. The van der Waals surface area contributed by atoms with Gasteiger partial charge >= 0.3 is 0 Å². The SMILES string of the molecule is CCC1CCC(O)C(N(C)CC2(N(C)C)CCC2)C1. The van der Waals surface area contributed by atoms with Gasteiger partial charge in [-0.05, 0) is 65.6 Å². The fourth-order valence-electron chi connectivity index (χ4n) is 3.97. The highest BCUT2D eigenvalue weighted by Crippen LogP contribution is 2.38. The molecule has 0 bridgehead atoms. The molecule has 2 aliphatic rings. The minimum atomic E-state index is -0.118. The average Bonchev–Trinajstić information content (AvgIpc) is 2.33. The summed E-state index contributed by atoms with van der Waals surface area (Å²) >= 11 is 0. The highest BCUT2D eigenvalue weighted by atomic mass is 16.3. The fourth-order valence-corrected chi connectivity index (χ4v) is 3.97. The van der Waals surface area contributed by atoms with Crippen LogP contribution in [0.25, 0.3) is 0 Å². The quantitative estimate of drug-likeness (QED) is 0.829. The first-order valence-corrected chi connectivity index (χ1v) is 8.04. The summed E-state index contributed by atoms with van der Waals surface area (Å²) in [5.41, 5.74) is 0.369. The first kappa shape index (κ1) is 15.3. The molecule has 0 radical (unpaired) electrons. The van der Waals surface area contributed by atoms with E-state index in [2.05, 4.69) is 37.9 Å². The molecule has 0 aromatic rings. The third-order valence-corrected chi connectivity index (χ3v) is 5.81. The number of hydrogen-bond acceptors (Lipinski definition) is 3. The molecule has 3 atom stereocenters. The van der Waals surface area contributed by atoms with Crippen LogP contribution in [0.1, 0.15) is 51.9 Å². The summed E-state index contributed by atoms with van der Waals surface area (Å²) in [6, 6.07) is 0.371. The number of rotatable bonds is 5. The first-order valence-electron chi connectivity index (χ1n) is 8.04. The predicted octanol–water partition coefficient (Wildman–Crippen LogP) is 2.34. The Morgan fingerprint density at radius 1 is 1.16 bits per heavy atom. The molecule has 0 spiro atoms. The van der Waals surface area contributed by atoms with Crippen LogP contribution in [0.5, 0.6) is 0 Å². The molecular weight excluding hydrogens is 236 g/mol. The van der Waals surface area contributed by atoms with Crippen LogP contribution >= 0.6 is 0 Å². The van der Waals surface area contributed by atoms with Crippen molar-refractivity contribution in [3.63, 3.8) is 0 Å². The van der Waals surface area contributed by atoms with Gasteiger partial charge in [0.1, 0.15) is 0 Å². The van der Waals surface area contributed by atoms with Crippen molar-refractivity contribution in [3.8, 4) is 0 Å². The molecule has 3 heteroatoms. The second-order valence-corrected chi connectivity index (χ2v) is 7.11. The summed E-state index contributed by atoms with van der Waals surface area (Å²) in [6.07, 6.45) is 8.50. The minimum absolute atomic E-state index is 0.118. The molecule has 2 fully saturated rings. The van der Waals surface area contributed by atoms with E-state index in [1.165, 1.54) is 38.5 Å². The number of aliphatic hydroxyl groups excluding tert-OH is 1. The number of nitrogens with zero attached hydrogens (tertiary/aromatic N) is 2. The van der Waals surface area contributed by atoms with Gasteiger partial charge in [-0.25, -0.2) is 0 Å². The zero-order valence-corrected chi connectivity index (χ0v) is 13.2. The molecule has 112 valence electrons. The zero-order valence-electron chi connectivity index (χ0n) is 13.2. The van der Waals surface area contributed by atoms with Gasteiger partial charge in [0.25, 0.3) is 0 Å². The minimum Gasteiger partial charge on any atom is -0.391 e. The second kappa shape index (κ2) is 6.11. The van der Waals surface area contributed by atoms with Gasteiger partial charge in [-0.15, -0.1) is 0 Å². The Hall–Kier alpha value is -0.120. The largest absolute Gasteiger partial charge is 0.391 e. The predicted molar refractivity (Wildman–Crippen MR) is 80.3 cm³/mol. The van der Waals surface area contributed by atoms with Crippen LogP contribution in [-0.4, -0.2) is 60.3 Å². The maximum atomic E-state index is 10.3. The van der Waals surface area contributed by atoms with Crippen molar-refractivity contribution in [2.24, 2.45) is 5.92 Å². The van der Waals surface area contributed by atoms with E-state index in [0.717, 1.165) is 18.9 Å². The van der Waals surface area contributed by atoms with E-state index in [1.54, 1.807) is 0 Å². The fraction of sp³-hybridized carbons (Fsp3) is 1.00. The normalized spacial score (nSPS) is 34.6. The molecule has 0 aromatic carbocycles. The maximum absolute atomic E-state index is 10.3. The van der Waals surface area contributed by atoms with Crippen LogP contribution in [0.3, 0.4) is 0 Å². The van der Waals surface area contributed by atoms with Crippen molar-refractivity contribution in [2.75, 3.05) is 27.7 Å². The number of likely N-dealkylation sites (N-methyl/N-ethyl adjacent to an activating group) is 2. The van der Waals surface area contributed by atoms with Gasteiger partial charge in [-0.2, -0.15) is 0 Å². The standard InChI is InChI=1S/C16H32N2O/c1-5-13-7-8-15(19)14(11-13)18(4)12-16(17(2)3)9-6-10-16/h13-15,19H,5-12H2,1-4H3. The van der Waals surface area contributed by atoms with Crippen LogP contribution in [0.2, 0.25) is 0 Å². The Morgan fingerprint density at radius 3 is 2.32 bits per heavy atom. The Morgan fingerprint density at radius 2 is 1.84 bits per heavy atom. The zero-order chi connectivity index (χ0) is 14.0. The van der Waals surface area contributed by atoms with Crippen molar-refractivity contribution in [1.82, 2.24) is 9.80 Å². The summed E-state index contributed by atoms with van der Waals surface area (Å²) in [5.74, 6) is 0.813. The number of hydrogen-bond donors (Lipinski definition) is 1. The van der Waals surface area contributed by atoms with Crippen LogP contribution in [0, 0.1) is 5.92 Å². The molecule has 3 nitrogen and oxygen atoms in total. The molecule has 0 aromatic heterocycles. The van der Waals surface area contributed by atoms with E-state index in [9.17, 15) is 5.11 Å². The van der Waals surface area contributed by atoms with Crippen molar-refractivity contribution in [1.29, 1.82) is 0 Å². The van der Waals surface area contributed by atoms with E-state index in [1.807, 2.05) is 0 Å². The Balaban J connectivity index is 1.96. The first-order chi connectivity index (χ1) is 8.98. The van der Waals surface area contributed by atoms with E-state index in [-0.39, 0.29) is 6.10 Å². The highest BCUT2D eigenvalue weighted by molar-refractivity contribution is 4.99. The lowest BCUT2D eigenvalue weighted by Gasteiger charge is -2.51. The Bertz CT molecular complexity index is 288. The van der Waals surface area contributed by atoms with Crippen molar-refractivity contribution < 1.29 is 5.11 Å². The van der Waals surface area contributed by atoms with Gasteiger partial charge in [-0.3, -0.25) is 4.90 Å². The molecule has 2 aliphatic carbocycles. The van der Waals surface area contributed by atoms with E-state index >= 15 is 0 Å². The molecule has 2 rings (SSSR count). The van der Waals surface area contributed by atoms with Crippen LogP contribution in [0.15, 0.2) is 0 Å². The monoisotopic (exact) mass is 268 g/mol. The number of aliphatic hydroxyl groups is 1. The average molecular weight is 268 g/mol. The Kier molecular flexibility index (Phi) is 4.91. The molecule has 0 amide bonds. The lowest BCUT2D eigenvalue weighted by atomic mass is 9.74. The smallest absolute Gasteiger partial charge is 0.0695 e. The third-order valence-electron chi connectivity index (χ3n) is 5.81. The van der Waals surface area contributed by atoms with Gasteiger partial charge in [0.05, 0.1) is 6.10 Å². The summed E-state index contributed by atoms with van der Waals surface area (Å²) in [6.45, 7) is 3.39. The molecule has 2 saturated carbocycles. The Labute approximate surface area is 119 Å². The van der Waals surface area contributed by atoms with Gasteiger partial charge in [-0.1, -0.05) is 13.3 Å². The van der Waals surface area contributed by atoms with Crippen LogP contribution < -0.4 is 0 Å². The highest BCUT2D eigenvalue weighted by Gasteiger charge is 2.42. The van der Waals surface area contributed by atoms with E-state index < -0.39 is 0 Å². The van der Waals surface area contributed by atoms with Crippen molar-refractivity contribution in [2.45, 2.75) is 69.6 Å². The molecule has 1 N–H and O–H groups in total. The summed E-state index contributed by atoms with van der Waals surface area (Å²) in [4.78, 5) is 4.85. The van der Waals surface area contributed by atoms with Gasteiger partial charge in [0.15, 0.2) is 0 Å². The summed E-state index contributed by atoms with van der Waals surface area (Å²) in [7, 11) is 6.63. The molecule has 0 aliphatic heterocycles. The molecule has 3 unspecified atom stereocenters. The lowest BCUT2D eigenvalue weighted by Crippen LogP contribution is -2.59. The summed E-state index contributed by atoms with van der Waals surface area (Å²) in [5, 5.41) is 10.3. The second-order valence-electron chi connectivity index (χ2n) is 7.11. The third kappa shape index (κ3) is 3.14. The van der Waals surface area contributed by atoms with Gasteiger partial charge in [0, 0.05) is 18.1 Å². The van der Waals surface area contributed by atoms with Crippen LogP contribution in [0.4, 0.5) is 0 Å². The van der Waals surface area contributed by atoms with E-state index in [4.69, 9.17) is 0 Å². The molecule has 0 saturated heterocycles. The molecular formula is C16H32N2O. The van der Waals surface area contributed by atoms with Gasteiger partial charge in [0.2, 0.25) is 0 Å². The van der Waals surface area contributed by atoms with Crippen LogP contribution in [-0.2, 0) is 0 Å².